The highest BCUT2D eigenvalue weighted by Crippen LogP contribution is 2.26. The number of hydrogen-bond donors (Lipinski definition) is 1. The molecule has 1 heterocycles. The fourth-order valence-corrected chi connectivity index (χ4v) is 1.94. The fraction of sp³-hybridized carbons (Fsp3) is 0.182. The smallest absolute Gasteiger partial charge is 0.263 e. The van der Waals surface area contributed by atoms with E-state index in [1.807, 2.05) is 0 Å². The molecule has 90 valence electrons. The predicted molar refractivity (Wildman–Crippen MR) is 62.1 cm³/mol. The molecule has 1 aromatic heterocycles. The third-order valence-corrected chi connectivity index (χ3v) is 2.70. The lowest BCUT2D eigenvalue weighted by atomic mass is 10.2. The Morgan fingerprint density at radius 2 is 2.12 bits per heavy atom. The molecule has 0 amide bonds. The molecule has 1 aromatic carbocycles. The van der Waals surface area contributed by atoms with Gasteiger partial charge >= 0.3 is 0 Å². The van der Waals surface area contributed by atoms with Crippen LogP contribution in [0.5, 0.6) is 0 Å². The maximum absolute atomic E-state index is 12.6. The van der Waals surface area contributed by atoms with Crippen molar-refractivity contribution in [1.82, 2.24) is 9.78 Å². The molecule has 0 aliphatic carbocycles. The van der Waals surface area contributed by atoms with Crippen LogP contribution in [-0.2, 0) is 6.61 Å². The molecule has 0 saturated carbocycles. The number of aliphatic hydroxyl groups excluding tert-OH is 1. The van der Waals surface area contributed by atoms with Gasteiger partial charge < -0.3 is 5.11 Å². The van der Waals surface area contributed by atoms with Crippen LogP contribution in [0.15, 0.2) is 35.1 Å². The molecular weight excluding hydrogens is 294 g/mol. The summed E-state index contributed by atoms with van der Waals surface area (Å²) in [6.07, 6.45) is 0.555. The van der Waals surface area contributed by atoms with Crippen LogP contribution in [0.4, 0.5) is 8.78 Å². The molecule has 0 atom stereocenters. The topological polar surface area (TPSA) is 38.1 Å². The summed E-state index contributed by atoms with van der Waals surface area (Å²) in [6, 6.07) is 4.41. The van der Waals surface area contributed by atoms with Gasteiger partial charge in [0.05, 0.1) is 18.5 Å². The minimum Gasteiger partial charge on any atom is -0.392 e. The van der Waals surface area contributed by atoms with E-state index in [1.165, 1.54) is 23.0 Å². The molecule has 0 unspecified atom stereocenters. The Hall–Kier alpha value is -1.27. The number of benzene rings is 1. The standard InChI is InChI=1S/C11H9BrF2N2O/c12-9-1-8(11(13)14)2-10(3-9)16-5-7(6-17)4-15-16/h1-5,11,17H,6H2. The molecule has 17 heavy (non-hydrogen) atoms. The number of hydrogen-bond acceptors (Lipinski definition) is 2. The normalized spacial score (nSPS) is 11.1. The Morgan fingerprint density at radius 1 is 1.35 bits per heavy atom. The van der Waals surface area contributed by atoms with Crippen LogP contribution in [0, 0.1) is 0 Å². The van der Waals surface area contributed by atoms with Crippen LogP contribution in [0.3, 0.4) is 0 Å². The van der Waals surface area contributed by atoms with E-state index in [9.17, 15) is 8.78 Å². The Kier molecular flexibility index (Phi) is 3.54. The summed E-state index contributed by atoms with van der Waals surface area (Å²) >= 11 is 3.18. The Labute approximate surface area is 105 Å². The number of aromatic nitrogens is 2. The van der Waals surface area contributed by atoms with Crippen molar-refractivity contribution in [2.24, 2.45) is 0 Å². The highest BCUT2D eigenvalue weighted by molar-refractivity contribution is 9.10. The van der Waals surface area contributed by atoms with Crippen molar-refractivity contribution in [2.75, 3.05) is 0 Å². The number of aliphatic hydroxyl groups is 1. The van der Waals surface area contributed by atoms with Crippen molar-refractivity contribution in [3.05, 3.63) is 46.2 Å². The van der Waals surface area contributed by atoms with E-state index in [1.54, 1.807) is 12.3 Å². The van der Waals surface area contributed by atoms with E-state index in [-0.39, 0.29) is 12.2 Å². The molecule has 0 aliphatic rings. The van der Waals surface area contributed by atoms with E-state index in [0.29, 0.717) is 15.7 Å². The van der Waals surface area contributed by atoms with Crippen LogP contribution in [0.25, 0.3) is 5.69 Å². The molecule has 0 spiro atoms. The van der Waals surface area contributed by atoms with E-state index in [4.69, 9.17) is 5.11 Å². The minimum atomic E-state index is -2.53. The first-order valence-corrected chi connectivity index (χ1v) is 5.63. The first-order chi connectivity index (χ1) is 8.10. The van der Waals surface area contributed by atoms with Crippen LogP contribution in [0.1, 0.15) is 17.6 Å². The fourth-order valence-electron chi connectivity index (χ4n) is 1.44. The lowest BCUT2D eigenvalue weighted by Crippen LogP contribution is -1.96. The molecule has 3 nitrogen and oxygen atoms in total. The van der Waals surface area contributed by atoms with Gasteiger partial charge in [-0.2, -0.15) is 5.10 Å². The zero-order valence-corrected chi connectivity index (χ0v) is 10.2. The average Bonchev–Trinajstić information content (AvgIpc) is 2.76. The van der Waals surface area contributed by atoms with Crippen molar-refractivity contribution in [3.8, 4) is 5.69 Å². The monoisotopic (exact) mass is 302 g/mol. The van der Waals surface area contributed by atoms with Crippen LogP contribution >= 0.6 is 15.9 Å². The van der Waals surface area contributed by atoms with Gasteiger partial charge in [-0.15, -0.1) is 0 Å². The third kappa shape index (κ3) is 2.70. The van der Waals surface area contributed by atoms with Crippen LogP contribution < -0.4 is 0 Å². The molecule has 0 bridgehead atoms. The van der Waals surface area contributed by atoms with Gasteiger partial charge in [-0.3, -0.25) is 0 Å². The van der Waals surface area contributed by atoms with Crippen LogP contribution in [-0.4, -0.2) is 14.9 Å². The van der Waals surface area contributed by atoms with Gasteiger partial charge in [-0.05, 0) is 18.2 Å². The molecule has 6 heteroatoms. The molecule has 0 saturated heterocycles. The van der Waals surface area contributed by atoms with Gasteiger partial charge in [-0.25, -0.2) is 13.5 Å². The first-order valence-electron chi connectivity index (χ1n) is 4.83. The second kappa shape index (κ2) is 4.93. The van der Waals surface area contributed by atoms with E-state index < -0.39 is 6.43 Å². The summed E-state index contributed by atoms with van der Waals surface area (Å²) in [7, 11) is 0. The summed E-state index contributed by atoms with van der Waals surface area (Å²) in [5.74, 6) is 0. The summed E-state index contributed by atoms with van der Waals surface area (Å²) in [5, 5.41) is 12.9. The largest absolute Gasteiger partial charge is 0.392 e. The zero-order valence-electron chi connectivity index (χ0n) is 8.65. The maximum Gasteiger partial charge on any atom is 0.263 e. The second-order valence-electron chi connectivity index (χ2n) is 3.49. The Bertz CT molecular complexity index is 528. The summed E-state index contributed by atoms with van der Waals surface area (Å²) < 4.78 is 27.3. The molecule has 2 aromatic rings. The zero-order chi connectivity index (χ0) is 12.4. The van der Waals surface area contributed by atoms with Crippen molar-refractivity contribution >= 4 is 15.9 Å². The molecule has 0 radical (unpaired) electrons. The van der Waals surface area contributed by atoms with Crippen molar-refractivity contribution in [3.63, 3.8) is 0 Å². The van der Waals surface area contributed by atoms with Crippen LogP contribution in [0.2, 0.25) is 0 Å². The maximum atomic E-state index is 12.6. The first kappa shape index (κ1) is 12.2. The highest BCUT2D eigenvalue weighted by atomic mass is 79.9. The van der Waals surface area contributed by atoms with Gasteiger partial charge in [0.25, 0.3) is 6.43 Å². The van der Waals surface area contributed by atoms with Gasteiger partial charge in [0.2, 0.25) is 0 Å². The Balaban J connectivity index is 2.44. The van der Waals surface area contributed by atoms with Crippen molar-refractivity contribution in [1.29, 1.82) is 0 Å². The van der Waals surface area contributed by atoms with E-state index in [0.717, 1.165) is 0 Å². The summed E-state index contributed by atoms with van der Waals surface area (Å²) in [4.78, 5) is 0. The number of alkyl halides is 2. The molecule has 1 N–H and O–H groups in total. The SMILES string of the molecule is OCc1cnn(-c2cc(Br)cc(C(F)F)c2)c1. The van der Waals surface area contributed by atoms with E-state index in [2.05, 4.69) is 21.0 Å². The lowest BCUT2D eigenvalue weighted by Gasteiger charge is -2.06. The molecular formula is C11H9BrF2N2O. The lowest BCUT2D eigenvalue weighted by molar-refractivity contribution is 0.151. The van der Waals surface area contributed by atoms with Gasteiger partial charge in [-0.1, -0.05) is 15.9 Å². The second-order valence-corrected chi connectivity index (χ2v) is 4.41. The van der Waals surface area contributed by atoms with Gasteiger partial charge in [0, 0.05) is 21.8 Å². The summed E-state index contributed by atoms with van der Waals surface area (Å²) in [6.45, 7) is -0.129. The third-order valence-electron chi connectivity index (χ3n) is 2.24. The van der Waals surface area contributed by atoms with E-state index >= 15 is 0 Å². The Morgan fingerprint density at radius 3 is 2.71 bits per heavy atom. The van der Waals surface area contributed by atoms with Gasteiger partial charge in [0.15, 0.2) is 0 Å². The quantitative estimate of drug-likeness (QED) is 0.946. The van der Waals surface area contributed by atoms with Gasteiger partial charge in [0.1, 0.15) is 0 Å². The van der Waals surface area contributed by atoms with Crippen molar-refractivity contribution < 1.29 is 13.9 Å². The van der Waals surface area contributed by atoms with Crippen molar-refractivity contribution in [2.45, 2.75) is 13.0 Å². The summed E-state index contributed by atoms with van der Waals surface area (Å²) in [5.41, 5.74) is 1.08. The molecule has 0 aliphatic heterocycles. The highest BCUT2D eigenvalue weighted by Gasteiger charge is 2.10. The number of nitrogens with zero attached hydrogens (tertiary/aromatic N) is 2. The molecule has 2 rings (SSSR count). The average molecular weight is 303 g/mol. The predicted octanol–water partition coefficient (Wildman–Crippen LogP) is 3.06. The molecule has 0 fully saturated rings. The number of halogens is 3. The number of rotatable bonds is 3. The minimum absolute atomic E-state index is 0.0737.